The van der Waals surface area contributed by atoms with E-state index in [9.17, 15) is 0 Å². The van der Waals surface area contributed by atoms with Gasteiger partial charge in [-0.2, -0.15) is 0 Å². The molecule has 0 N–H and O–H groups in total. The molecule has 0 amide bonds. The third-order valence-corrected chi connectivity index (χ3v) is 22.4. The molecule has 0 fully saturated rings. The lowest BCUT2D eigenvalue weighted by atomic mass is 9.70. The van der Waals surface area contributed by atoms with Crippen LogP contribution in [-0.4, -0.2) is 24.1 Å². The molecule has 2 spiro atoms. The molecule has 22 rings (SSSR count). The van der Waals surface area contributed by atoms with Crippen molar-refractivity contribution in [3.63, 3.8) is 0 Å². The molecule has 3 aromatic heterocycles. The molecule has 18 aromatic rings. The molecular formula is C95H57N5. The predicted molar refractivity (Wildman–Crippen MR) is 408 cm³/mol. The Morgan fingerprint density at radius 3 is 0.840 bits per heavy atom. The van der Waals surface area contributed by atoms with Gasteiger partial charge in [0.05, 0.1) is 32.9 Å². The molecule has 3 heterocycles. The van der Waals surface area contributed by atoms with Crippen LogP contribution in [0.15, 0.2) is 346 Å². The highest BCUT2D eigenvalue weighted by Gasteiger charge is 2.53. The van der Waals surface area contributed by atoms with Gasteiger partial charge in [0, 0.05) is 49.6 Å². The second-order valence-electron chi connectivity index (χ2n) is 27.2. The molecule has 4 aliphatic rings. The first kappa shape index (κ1) is 55.1. The van der Waals surface area contributed by atoms with Gasteiger partial charge in [-0.05, 0) is 178 Å². The summed E-state index contributed by atoms with van der Waals surface area (Å²) in [6, 6.07) is 128. The van der Waals surface area contributed by atoms with Gasteiger partial charge in [0.2, 0.25) is 0 Å². The zero-order valence-corrected chi connectivity index (χ0v) is 54.1. The number of aromatic nitrogens is 5. The van der Waals surface area contributed by atoms with E-state index in [1.165, 1.54) is 122 Å². The lowest BCUT2D eigenvalue weighted by Gasteiger charge is -2.30. The van der Waals surface area contributed by atoms with E-state index in [1.807, 2.05) is 36.4 Å². The van der Waals surface area contributed by atoms with Crippen molar-refractivity contribution >= 4 is 43.6 Å². The molecule has 15 aromatic carbocycles. The Kier molecular flexibility index (Phi) is 11.4. The first-order valence-corrected chi connectivity index (χ1v) is 34.6. The Morgan fingerprint density at radius 2 is 0.460 bits per heavy atom. The van der Waals surface area contributed by atoms with Gasteiger partial charge >= 0.3 is 0 Å². The molecular weight excluding hydrogens is 1210 g/mol. The predicted octanol–water partition coefficient (Wildman–Crippen LogP) is 23.1. The molecule has 0 atom stereocenters. The van der Waals surface area contributed by atoms with Crippen LogP contribution in [0.2, 0.25) is 0 Å². The average Bonchev–Trinajstić information content (AvgIpc) is 1.52. The van der Waals surface area contributed by atoms with E-state index in [1.54, 1.807) is 0 Å². The smallest absolute Gasteiger partial charge is 0.164 e. The maximum atomic E-state index is 5.41. The lowest BCUT2D eigenvalue weighted by Crippen LogP contribution is -2.25. The summed E-state index contributed by atoms with van der Waals surface area (Å²) in [6.45, 7) is 0. The van der Waals surface area contributed by atoms with E-state index in [0.29, 0.717) is 17.5 Å². The average molecular weight is 1270 g/mol. The van der Waals surface area contributed by atoms with Crippen molar-refractivity contribution in [2.75, 3.05) is 0 Å². The first-order valence-electron chi connectivity index (χ1n) is 34.6. The second-order valence-corrected chi connectivity index (χ2v) is 27.2. The number of para-hydroxylation sites is 2. The van der Waals surface area contributed by atoms with E-state index in [4.69, 9.17) is 15.0 Å². The zero-order valence-electron chi connectivity index (χ0n) is 54.1. The fraction of sp³-hybridized carbons (Fsp3) is 0.0211. The normalized spacial score (nSPS) is 13.6. The van der Waals surface area contributed by atoms with Crippen LogP contribution in [0.4, 0.5) is 0 Å². The molecule has 5 nitrogen and oxygen atoms in total. The molecule has 462 valence electrons. The van der Waals surface area contributed by atoms with E-state index in [2.05, 4.69) is 319 Å². The van der Waals surface area contributed by atoms with Gasteiger partial charge in [0.25, 0.3) is 0 Å². The Hall–Kier alpha value is -13.1. The summed E-state index contributed by atoms with van der Waals surface area (Å²) in [5, 5.41) is 4.67. The molecule has 0 radical (unpaired) electrons. The molecule has 0 saturated heterocycles. The highest BCUT2D eigenvalue weighted by molar-refractivity contribution is 6.13. The van der Waals surface area contributed by atoms with Crippen LogP contribution in [0.25, 0.3) is 156 Å². The van der Waals surface area contributed by atoms with Crippen molar-refractivity contribution in [3.05, 3.63) is 390 Å². The van der Waals surface area contributed by atoms with E-state index in [-0.39, 0.29) is 0 Å². The minimum atomic E-state index is -0.406. The van der Waals surface area contributed by atoms with Crippen molar-refractivity contribution in [2.24, 2.45) is 0 Å². The third-order valence-electron chi connectivity index (χ3n) is 22.4. The van der Waals surface area contributed by atoms with Crippen molar-refractivity contribution in [1.82, 2.24) is 24.1 Å². The number of benzene rings is 15. The number of hydrogen-bond donors (Lipinski definition) is 0. The maximum absolute atomic E-state index is 5.41. The first-order chi connectivity index (χ1) is 49.6. The summed E-state index contributed by atoms with van der Waals surface area (Å²) in [6.07, 6.45) is 0. The lowest BCUT2D eigenvalue weighted by molar-refractivity contribution is 0.794. The minimum absolute atomic E-state index is 0.406. The summed E-state index contributed by atoms with van der Waals surface area (Å²) >= 11 is 0. The summed E-state index contributed by atoms with van der Waals surface area (Å²) in [7, 11) is 0. The van der Waals surface area contributed by atoms with Crippen LogP contribution in [0.1, 0.15) is 44.5 Å². The number of rotatable bonds is 7. The second kappa shape index (κ2) is 20.7. The summed E-state index contributed by atoms with van der Waals surface area (Å²) < 4.78 is 4.89. The van der Waals surface area contributed by atoms with Crippen molar-refractivity contribution in [1.29, 1.82) is 0 Å². The van der Waals surface area contributed by atoms with Crippen LogP contribution in [0.5, 0.6) is 0 Å². The molecule has 0 saturated carbocycles. The largest absolute Gasteiger partial charge is 0.309 e. The Labute approximate surface area is 577 Å². The van der Waals surface area contributed by atoms with Crippen LogP contribution in [0.3, 0.4) is 0 Å². The van der Waals surface area contributed by atoms with Gasteiger partial charge < -0.3 is 9.13 Å². The molecule has 5 heteroatoms. The summed E-state index contributed by atoms with van der Waals surface area (Å²) in [4.78, 5) is 16.0. The Morgan fingerprint density at radius 1 is 0.180 bits per heavy atom. The van der Waals surface area contributed by atoms with Gasteiger partial charge in [0.1, 0.15) is 0 Å². The Bertz CT molecular complexity index is 6070. The summed E-state index contributed by atoms with van der Waals surface area (Å²) in [5.74, 6) is 1.80. The van der Waals surface area contributed by atoms with E-state index in [0.717, 1.165) is 61.3 Å². The zero-order chi connectivity index (χ0) is 65.4. The van der Waals surface area contributed by atoms with Crippen molar-refractivity contribution in [2.45, 2.75) is 10.8 Å². The monoisotopic (exact) mass is 1270 g/mol. The number of hydrogen-bond acceptors (Lipinski definition) is 3. The van der Waals surface area contributed by atoms with Crippen molar-refractivity contribution < 1.29 is 0 Å². The maximum Gasteiger partial charge on any atom is 0.164 e. The van der Waals surface area contributed by atoms with Crippen LogP contribution in [-0.2, 0) is 10.8 Å². The molecule has 100 heavy (non-hydrogen) atoms. The number of fused-ring (bicyclic) bond motifs is 26. The number of nitrogens with zero attached hydrogens (tertiary/aromatic N) is 5. The summed E-state index contributed by atoms with van der Waals surface area (Å²) in [5.41, 5.74) is 34.0. The fourth-order valence-electron chi connectivity index (χ4n) is 18.3. The molecule has 0 unspecified atom stereocenters. The van der Waals surface area contributed by atoms with Crippen LogP contribution < -0.4 is 0 Å². The molecule has 0 bridgehead atoms. The third kappa shape index (κ3) is 7.47. The minimum Gasteiger partial charge on any atom is -0.309 e. The van der Waals surface area contributed by atoms with Gasteiger partial charge in [-0.1, -0.05) is 279 Å². The van der Waals surface area contributed by atoms with E-state index >= 15 is 0 Å². The SMILES string of the molecule is c1ccc(-c2nc(-c3ccccc3)nc(-c3cc(-n4c5ccccc5c5cc(-c6ccc7c(c6)-c6ccccc6C76c7ccccc7-c7ccccc76)ccc54)cc(-n4c5ccccc5c5cc(-c6ccc7c(c6)-c6ccccc6C76c7ccccc7-c7ccccc76)ccc54)c3)n2)cc1. The Balaban J connectivity index is 0.729. The van der Waals surface area contributed by atoms with Gasteiger partial charge in [-0.25, -0.2) is 15.0 Å². The van der Waals surface area contributed by atoms with E-state index < -0.39 is 10.8 Å². The fourth-order valence-corrected chi connectivity index (χ4v) is 18.3. The van der Waals surface area contributed by atoms with Gasteiger partial charge in [0.15, 0.2) is 17.5 Å². The van der Waals surface area contributed by atoms with Crippen LogP contribution >= 0.6 is 0 Å². The van der Waals surface area contributed by atoms with Gasteiger partial charge in [-0.3, -0.25) is 0 Å². The highest BCUT2D eigenvalue weighted by Crippen LogP contribution is 2.65. The van der Waals surface area contributed by atoms with Crippen LogP contribution in [0, 0.1) is 0 Å². The standard InChI is InChI=1S/C95H57N5/c1-3-23-58(24-4-1)91-96-92(59-25-5-2-6-26-59)98-93(97-91)64-51-65(99-87-41-21-13-33-73(87)77-55-62(45-49-89(77)99)60-43-47-85-75(53-60)71-31-11-19-39-83(71)94(85)79-35-15-7-27-67(79)68-28-8-16-36-80(68)94)57-66(52-64)100-88-42-22-14-34-74(88)78-56-63(46-50-90(78)100)61-44-48-86-76(54-61)72-32-12-20-40-84(72)95(86)81-37-17-9-29-69(81)70-30-10-18-38-82(70)95/h1-57H. The topological polar surface area (TPSA) is 48.5 Å². The quantitative estimate of drug-likeness (QED) is 0.160. The highest BCUT2D eigenvalue weighted by atomic mass is 15.0. The van der Waals surface area contributed by atoms with Gasteiger partial charge in [-0.15, -0.1) is 0 Å². The molecule has 4 aliphatic carbocycles. The molecule has 0 aliphatic heterocycles. The van der Waals surface area contributed by atoms with Crippen molar-refractivity contribution in [3.8, 4) is 112 Å².